The standard InChI is InChI=1S/C13H20BrNO3S/c1-2-8-19(16,17)9-7-18-13-4-3-12(14)10-11(13)5-6-15/h3-4,10H,2,5-9,15H2,1H3. The number of halogens is 1. The van der Waals surface area contributed by atoms with Crippen LogP contribution in [0.3, 0.4) is 0 Å². The summed E-state index contributed by atoms with van der Waals surface area (Å²) in [4.78, 5) is 0. The summed E-state index contributed by atoms with van der Waals surface area (Å²) in [7, 11) is -2.99. The van der Waals surface area contributed by atoms with Gasteiger partial charge in [0.05, 0.1) is 11.5 Å². The van der Waals surface area contributed by atoms with E-state index >= 15 is 0 Å². The zero-order valence-electron chi connectivity index (χ0n) is 11.1. The fraction of sp³-hybridized carbons (Fsp3) is 0.538. The Kier molecular flexibility index (Phi) is 6.82. The van der Waals surface area contributed by atoms with Crippen molar-refractivity contribution in [3.8, 4) is 5.75 Å². The highest BCUT2D eigenvalue weighted by atomic mass is 79.9. The molecule has 0 aliphatic heterocycles. The average Bonchev–Trinajstić information content (AvgIpc) is 2.32. The summed E-state index contributed by atoms with van der Waals surface area (Å²) in [6.07, 6.45) is 1.34. The van der Waals surface area contributed by atoms with Gasteiger partial charge in [0.1, 0.15) is 12.4 Å². The van der Waals surface area contributed by atoms with Crippen molar-refractivity contribution in [2.75, 3.05) is 24.7 Å². The first-order valence-corrected chi connectivity index (χ1v) is 8.91. The van der Waals surface area contributed by atoms with Gasteiger partial charge in [-0.05, 0) is 43.1 Å². The van der Waals surface area contributed by atoms with Crippen molar-refractivity contribution in [2.45, 2.75) is 19.8 Å². The fourth-order valence-electron chi connectivity index (χ4n) is 1.73. The van der Waals surface area contributed by atoms with Gasteiger partial charge in [-0.1, -0.05) is 22.9 Å². The lowest BCUT2D eigenvalue weighted by molar-refractivity contribution is 0.337. The highest BCUT2D eigenvalue weighted by Crippen LogP contribution is 2.23. The molecule has 0 radical (unpaired) electrons. The third kappa shape index (κ3) is 5.93. The van der Waals surface area contributed by atoms with Gasteiger partial charge in [-0.2, -0.15) is 0 Å². The van der Waals surface area contributed by atoms with Gasteiger partial charge >= 0.3 is 0 Å². The van der Waals surface area contributed by atoms with E-state index in [0.29, 0.717) is 25.1 Å². The van der Waals surface area contributed by atoms with E-state index in [4.69, 9.17) is 10.5 Å². The average molecular weight is 350 g/mol. The van der Waals surface area contributed by atoms with Gasteiger partial charge < -0.3 is 10.5 Å². The number of rotatable bonds is 8. The summed E-state index contributed by atoms with van der Waals surface area (Å²) in [5.74, 6) is 0.978. The molecule has 6 heteroatoms. The second-order valence-electron chi connectivity index (χ2n) is 4.29. The molecule has 0 saturated carbocycles. The van der Waals surface area contributed by atoms with Crippen molar-refractivity contribution in [1.82, 2.24) is 0 Å². The zero-order chi connectivity index (χ0) is 14.3. The minimum Gasteiger partial charge on any atom is -0.492 e. The van der Waals surface area contributed by atoms with Gasteiger partial charge in [0.25, 0.3) is 0 Å². The molecule has 1 rings (SSSR count). The number of ether oxygens (including phenoxy) is 1. The van der Waals surface area contributed by atoms with Gasteiger partial charge in [-0.15, -0.1) is 0 Å². The molecule has 1 aromatic carbocycles. The van der Waals surface area contributed by atoms with Crippen LogP contribution >= 0.6 is 15.9 Å². The monoisotopic (exact) mass is 349 g/mol. The second-order valence-corrected chi connectivity index (χ2v) is 7.51. The van der Waals surface area contributed by atoms with Gasteiger partial charge in [-0.25, -0.2) is 8.42 Å². The lowest BCUT2D eigenvalue weighted by Crippen LogP contribution is -2.17. The van der Waals surface area contributed by atoms with E-state index in [2.05, 4.69) is 15.9 Å². The molecule has 19 heavy (non-hydrogen) atoms. The molecule has 0 aliphatic rings. The molecule has 0 heterocycles. The van der Waals surface area contributed by atoms with Crippen LogP contribution in [0.15, 0.2) is 22.7 Å². The first-order valence-electron chi connectivity index (χ1n) is 6.30. The zero-order valence-corrected chi connectivity index (χ0v) is 13.5. The fourth-order valence-corrected chi connectivity index (χ4v) is 3.30. The normalized spacial score (nSPS) is 11.5. The van der Waals surface area contributed by atoms with Crippen LogP contribution in [0.2, 0.25) is 0 Å². The molecular weight excluding hydrogens is 330 g/mol. The largest absolute Gasteiger partial charge is 0.492 e. The van der Waals surface area contributed by atoms with E-state index in [9.17, 15) is 8.42 Å². The number of nitrogens with two attached hydrogens (primary N) is 1. The molecular formula is C13H20BrNO3S. The predicted octanol–water partition coefficient (Wildman–Crippen LogP) is 2.15. The predicted molar refractivity (Wildman–Crippen MR) is 81.3 cm³/mol. The molecule has 1 aromatic rings. The molecule has 4 nitrogen and oxygen atoms in total. The molecule has 2 N–H and O–H groups in total. The Hall–Kier alpha value is -0.590. The van der Waals surface area contributed by atoms with E-state index in [1.54, 1.807) is 0 Å². The number of hydrogen-bond donors (Lipinski definition) is 1. The Morgan fingerprint density at radius 1 is 1.32 bits per heavy atom. The third-order valence-corrected chi connectivity index (χ3v) is 4.92. The Labute approximate surface area is 123 Å². The molecule has 0 unspecified atom stereocenters. The molecule has 0 atom stereocenters. The first-order chi connectivity index (χ1) is 8.98. The van der Waals surface area contributed by atoms with Gasteiger partial charge in [0.15, 0.2) is 9.84 Å². The summed E-state index contributed by atoms with van der Waals surface area (Å²) in [5, 5.41) is 0. The van der Waals surface area contributed by atoms with E-state index in [1.165, 1.54) is 0 Å². The van der Waals surface area contributed by atoms with Gasteiger partial charge in [-0.3, -0.25) is 0 Å². The van der Waals surface area contributed by atoms with Crippen LogP contribution in [0.1, 0.15) is 18.9 Å². The van der Waals surface area contributed by atoms with Crippen molar-refractivity contribution in [3.05, 3.63) is 28.2 Å². The minimum absolute atomic E-state index is 0.0545. The van der Waals surface area contributed by atoms with Crippen LogP contribution in [0, 0.1) is 0 Å². The van der Waals surface area contributed by atoms with E-state index in [0.717, 1.165) is 10.0 Å². The summed E-state index contributed by atoms with van der Waals surface area (Å²) < 4.78 is 29.7. The Morgan fingerprint density at radius 3 is 2.68 bits per heavy atom. The van der Waals surface area contributed by atoms with Crippen LogP contribution < -0.4 is 10.5 Å². The molecule has 0 saturated heterocycles. The smallest absolute Gasteiger partial charge is 0.153 e. The maximum Gasteiger partial charge on any atom is 0.153 e. The molecule has 0 aliphatic carbocycles. The molecule has 0 amide bonds. The van der Waals surface area contributed by atoms with Crippen molar-refractivity contribution >= 4 is 25.8 Å². The molecule has 0 bridgehead atoms. The number of benzene rings is 1. The lowest BCUT2D eigenvalue weighted by atomic mass is 10.1. The Balaban J connectivity index is 2.62. The maximum atomic E-state index is 11.6. The first kappa shape index (κ1) is 16.5. The van der Waals surface area contributed by atoms with E-state index < -0.39 is 9.84 Å². The number of sulfone groups is 1. The van der Waals surface area contributed by atoms with Crippen LogP contribution in [0.25, 0.3) is 0 Å². The Bertz CT molecular complexity index is 503. The minimum atomic E-state index is -2.99. The topological polar surface area (TPSA) is 69.4 Å². The summed E-state index contributed by atoms with van der Waals surface area (Å²) in [6.45, 7) is 2.56. The van der Waals surface area contributed by atoms with Crippen molar-refractivity contribution < 1.29 is 13.2 Å². The van der Waals surface area contributed by atoms with Crippen LogP contribution in [-0.2, 0) is 16.3 Å². The number of hydrogen-bond acceptors (Lipinski definition) is 4. The quantitative estimate of drug-likeness (QED) is 0.780. The van der Waals surface area contributed by atoms with Crippen molar-refractivity contribution in [3.63, 3.8) is 0 Å². The Morgan fingerprint density at radius 2 is 2.05 bits per heavy atom. The van der Waals surface area contributed by atoms with Crippen LogP contribution in [0.5, 0.6) is 5.75 Å². The third-order valence-electron chi connectivity index (χ3n) is 2.60. The lowest BCUT2D eigenvalue weighted by Gasteiger charge is -2.11. The summed E-state index contributed by atoms with van der Waals surface area (Å²) in [5.41, 5.74) is 6.54. The SMILES string of the molecule is CCCS(=O)(=O)CCOc1ccc(Br)cc1CCN. The van der Waals surface area contributed by atoms with Gasteiger partial charge in [0.2, 0.25) is 0 Å². The molecule has 108 valence electrons. The van der Waals surface area contributed by atoms with E-state index in [-0.39, 0.29) is 18.1 Å². The van der Waals surface area contributed by atoms with Crippen LogP contribution in [-0.4, -0.2) is 33.1 Å². The summed E-state index contributed by atoms with van der Waals surface area (Å²) in [6, 6.07) is 5.65. The highest BCUT2D eigenvalue weighted by Gasteiger charge is 2.10. The molecule has 0 aromatic heterocycles. The summed E-state index contributed by atoms with van der Waals surface area (Å²) >= 11 is 3.39. The van der Waals surface area contributed by atoms with Gasteiger partial charge in [0, 0.05) is 4.47 Å². The van der Waals surface area contributed by atoms with E-state index in [1.807, 2.05) is 25.1 Å². The van der Waals surface area contributed by atoms with Crippen molar-refractivity contribution in [2.24, 2.45) is 5.73 Å². The molecule has 0 spiro atoms. The highest BCUT2D eigenvalue weighted by molar-refractivity contribution is 9.10. The maximum absolute atomic E-state index is 11.6. The molecule has 0 fully saturated rings. The second kappa shape index (κ2) is 7.87. The van der Waals surface area contributed by atoms with Crippen molar-refractivity contribution in [1.29, 1.82) is 0 Å². The van der Waals surface area contributed by atoms with Crippen LogP contribution in [0.4, 0.5) is 0 Å².